The van der Waals surface area contributed by atoms with Crippen LogP contribution in [-0.4, -0.2) is 45.4 Å². The lowest BCUT2D eigenvalue weighted by molar-refractivity contribution is -0.118. The van der Waals surface area contributed by atoms with E-state index >= 15 is 0 Å². The van der Waals surface area contributed by atoms with E-state index in [1.54, 1.807) is 13.8 Å². The van der Waals surface area contributed by atoms with Gasteiger partial charge in [-0.1, -0.05) is 13.8 Å². The molecule has 100 valence electrons. The van der Waals surface area contributed by atoms with Gasteiger partial charge in [0.1, 0.15) is 12.7 Å². The van der Waals surface area contributed by atoms with E-state index in [1.165, 1.54) is 12.3 Å². The minimum atomic E-state index is -0.964. The van der Waals surface area contributed by atoms with Crippen LogP contribution < -0.4 is 10.1 Å². The Kier molecular flexibility index (Phi) is 5.47. The minimum absolute atomic E-state index is 0.0783. The van der Waals surface area contributed by atoms with Gasteiger partial charge >= 0.3 is 0 Å². The molecule has 3 N–H and O–H groups in total. The van der Waals surface area contributed by atoms with Crippen molar-refractivity contribution in [2.75, 3.05) is 18.5 Å². The smallest absolute Gasteiger partial charge is 0.232 e. The van der Waals surface area contributed by atoms with Gasteiger partial charge < -0.3 is 14.9 Å². The number of nitrogens with one attached hydrogen (secondary N) is 1. The highest BCUT2D eigenvalue weighted by molar-refractivity contribution is 5.90. The van der Waals surface area contributed by atoms with Gasteiger partial charge in [0.15, 0.2) is 0 Å². The Balaban J connectivity index is 2.59. The van der Waals surface area contributed by atoms with E-state index in [-0.39, 0.29) is 36.9 Å². The molecule has 1 rings (SSSR count). The molecule has 1 aromatic heterocycles. The number of ether oxygens (including phenoxy) is 1. The van der Waals surface area contributed by atoms with E-state index in [2.05, 4.69) is 15.3 Å². The number of rotatable bonds is 6. The van der Waals surface area contributed by atoms with E-state index in [0.29, 0.717) is 0 Å². The molecule has 0 aromatic carbocycles. The third kappa shape index (κ3) is 4.64. The van der Waals surface area contributed by atoms with Crippen LogP contribution in [0.15, 0.2) is 12.3 Å². The standard InChI is InChI=1S/C11H17N3O4/c1-7(2)10(17)14-11-12-4-3-9(13-11)18-6-8(16)5-15/h3-4,7-8,15-16H,5-6H2,1-2H3,(H,12,13,14,17)/t8-/m0/s1. The minimum Gasteiger partial charge on any atom is -0.475 e. The number of aliphatic hydroxyl groups is 2. The summed E-state index contributed by atoms with van der Waals surface area (Å²) in [5.74, 6) is -0.00169. The summed E-state index contributed by atoms with van der Waals surface area (Å²) in [5, 5.41) is 20.3. The quantitative estimate of drug-likeness (QED) is 0.650. The number of anilines is 1. The zero-order valence-corrected chi connectivity index (χ0v) is 10.3. The highest BCUT2D eigenvalue weighted by Crippen LogP contribution is 2.09. The fourth-order valence-corrected chi connectivity index (χ4v) is 0.972. The van der Waals surface area contributed by atoms with E-state index in [9.17, 15) is 4.79 Å². The summed E-state index contributed by atoms with van der Waals surface area (Å²) in [4.78, 5) is 19.2. The Morgan fingerprint density at radius 2 is 2.28 bits per heavy atom. The van der Waals surface area contributed by atoms with Crippen LogP contribution in [0.25, 0.3) is 0 Å². The van der Waals surface area contributed by atoms with Crippen LogP contribution in [0, 0.1) is 5.92 Å². The van der Waals surface area contributed by atoms with Gasteiger partial charge in [0.2, 0.25) is 17.7 Å². The van der Waals surface area contributed by atoms with Gasteiger partial charge in [-0.15, -0.1) is 0 Å². The maximum atomic E-state index is 11.4. The summed E-state index contributed by atoms with van der Waals surface area (Å²) in [6.07, 6.45) is 0.470. The Bertz CT molecular complexity index is 398. The molecule has 1 aromatic rings. The zero-order chi connectivity index (χ0) is 13.5. The summed E-state index contributed by atoms with van der Waals surface area (Å²) in [6.45, 7) is 3.05. The van der Waals surface area contributed by atoms with Gasteiger partial charge in [0, 0.05) is 18.2 Å². The van der Waals surface area contributed by atoms with Crippen LogP contribution in [0.3, 0.4) is 0 Å². The van der Waals surface area contributed by atoms with E-state index in [0.717, 1.165) is 0 Å². The molecular weight excluding hydrogens is 238 g/mol. The van der Waals surface area contributed by atoms with Crippen LogP contribution in [0.1, 0.15) is 13.8 Å². The number of nitrogens with zero attached hydrogens (tertiary/aromatic N) is 2. The molecule has 0 spiro atoms. The molecular formula is C11H17N3O4. The van der Waals surface area contributed by atoms with Gasteiger partial charge in [-0.05, 0) is 0 Å². The molecule has 0 fully saturated rings. The summed E-state index contributed by atoms with van der Waals surface area (Å²) >= 11 is 0. The predicted molar refractivity (Wildman–Crippen MR) is 64.1 cm³/mol. The molecule has 7 nitrogen and oxygen atoms in total. The number of aromatic nitrogens is 2. The van der Waals surface area contributed by atoms with Gasteiger partial charge in [0.05, 0.1) is 6.61 Å². The summed E-state index contributed by atoms with van der Waals surface area (Å²) in [6, 6.07) is 1.50. The zero-order valence-electron chi connectivity index (χ0n) is 10.3. The molecule has 7 heteroatoms. The molecule has 0 bridgehead atoms. The molecule has 0 aliphatic rings. The highest BCUT2D eigenvalue weighted by Gasteiger charge is 2.10. The van der Waals surface area contributed by atoms with Crippen molar-refractivity contribution in [2.45, 2.75) is 20.0 Å². The van der Waals surface area contributed by atoms with Crippen molar-refractivity contribution < 1.29 is 19.7 Å². The summed E-state index contributed by atoms with van der Waals surface area (Å²) in [5.41, 5.74) is 0. The van der Waals surface area contributed by atoms with Gasteiger partial charge in [-0.2, -0.15) is 4.98 Å². The maximum Gasteiger partial charge on any atom is 0.232 e. The second-order valence-electron chi connectivity index (χ2n) is 4.01. The normalized spacial score (nSPS) is 12.3. The largest absolute Gasteiger partial charge is 0.475 e. The highest BCUT2D eigenvalue weighted by atomic mass is 16.5. The molecule has 1 atom stereocenters. The third-order valence-electron chi connectivity index (χ3n) is 2.02. The Morgan fingerprint density at radius 3 is 2.89 bits per heavy atom. The lowest BCUT2D eigenvalue weighted by Gasteiger charge is -2.10. The number of hydrogen-bond acceptors (Lipinski definition) is 6. The summed E-state index contributed by atoms with van der Waals surface area (Å²) < 4.78 is 5.13. The maximum absolute atomic E-state index is 11.4. The van der Waals surface area contributed by atoms with Gasteiger partial charge in [0.25, 0.3) is 0 Å². The van der Waals surface area contributed by atoms with Crippen molar-refractivity contribution in [3.8, 4) is 5.88 Å². The predicted octanol–water partition coefficient (Wildman–Crippen LogP) is -0.197. The number of carbonyl (C=O) groups is 1. The van der Waals surface area contributed by atoms with Crippen LogP contribution in [0.4, 0.5) is 5.95 Å². The van der Waals surface area contributed by atoms with E-state index in [4.69, 9.17) is 14.9 Å². The van der Waals surface area contributed by atoms with E-state index < -0.39 is 6.10 Å². The third-order valence-corrected chi connectivity index (χ3v) is 2.02. The second-order valence-corrected chi connectivity index (χ2v) is 4.01. The Morgan fingerprint density at radius 1 is 1.56 bits per heavy atom. The van der Waals surface area contributed by atoms with Crippen molar-refractivity contribution in [2.24, 2.45) is 5.92 Å². The van der Waals surface area contributed by atoms with Gasteiger partial charge in [-0.25, -0.2) is 4.98 Å². The Labute approximate surface area is 105 Å². The van der Waals surface area contributed by atoms with Crippen molar-refractivity contribution in [3.05, 3.63) is 12.3 Å². The fourth-order valence-electron chi connectivity index (χ4n) is 0.972. The first kappa shape index (κ1) is 14.3. The second kappa shape index (κ2) is 6.87. The van der Waals surface area contributed by atoms with Crippen LogP contribution in [-0.2, 0) is 4.79 Å². The SMILES string of the molecule is CC(C)C(=O)Nc1nccc(OC[C@@H](O)CO)n1. The molecule has 0 unspecified atom stereocenters. The monoisotopic (exact) mass is 255 g/mol. The lowest BCUT2D eigenvalue weighted by Crippen LogP contribution is -2.22. The van der Waals surface area contributed by atoms with Crippen LogP contribution in [0.5, 0.6) is 5.88 Å². The molecule has 0 radical (unpaired) electrons. The number of hydrogen-bond donors (Lipinski definition) is 3. The first-order valence-corrected chi connectivity index (χ1v) is 5.58. The van der Waals surface area contributed by atoms with E-state index in [1.807, 2.05) is 0 Å². The van der Waals surface area contributed by atoms with Crippen molar-refractivity contribution in [3.63, 3.8) is 0 Å². The molecule has 0 saturated heterocycles. The summed E-state index contributed by atoms with van der Waals surface area (Å²) in [7, 11) is 0. The molecule has 18 heavy (non-hydrogen) atoms. The fraction of sp³-hybridized carbons (Fsp3) is 0.545. The first-order chi connectivity index (χ1) is 8.52. The molecule has 0 saturated carbocycles. The van der Waals surface area contributed by atoms with Crippen molar-refractivity contribution >= 4 is 11.9 Å². The first-order valence-electron chi connectivity index (χ1n) is 5.58. The average molecular weight is 255 g/mol. The van der Waals surface area contributed by atoms with Crippen molar-refractivity contribution in [1.82, 2.24) is 9.97 Å². The van der Waals surface area contributed by atoms with Crippen LogP contribution in [0.2, 0.25) is 0 Å². The van der Waals surface area contributed by atoms with Crippen LogP contribution >= 0.6 is 0 Å². The number of carbonyl (C=O) groups excluding carboxylic acids is 1. The Hall–Kier alpha value is -1.73. The molecule has 1 amide bonds. The number of aliphatic hydroxyl groups excluding tert-OH is 2. The molecule has 1 heterocycles. The molecule has 0 aliphatic carbocycles. The van der Waals surface area contributed by atoms with Crippen molar-refractivity contribution in [1.29, 1.82) is 0 Å². The number of amides is 1. The van der Waals surface area contributed by atoms with Gasteiger partial charge in [-0.3, -0.25) is 10.1 Å². The average Bonchev–Trinajstić information content (AvgIpc) is 2.36. The topological polar surface area (TPSA) is 105 Å². The molecule has 0 aliphatic heterocycles. The lowest BCUT2D eigenvalue weighted by atomic mass is 10.2.